The zero-order valence-corrected chi connectivity index (χ0v) is 14.7. The summed E-state index contributed by atoms with van der Waals surface area (Å²) in [6.07, 6.45) is -0.0500. The molecule has 9 heteroatoms. The van der Waals surface area contributed by atoms with Crippen molar-refractivity contribution >= 4 is 28.5 Å². The molecule has 1 heterocycles. The van der Waals surface area contributed by atoms with E-state index in [0.29, 0.717) is 17.0 Å². The molecule has 1 N–H and O–H groups in total. The van der Waals surface area contributed by atoms with Crippen LogP contribution in [0.3, 0.4) is 0 Å². The van der Waals surface area contributed by atoms with Crippen LogP contribution in [0.2, 0.25) is 0 Å². The van der Waals surface area contributed by atoms with E-state index >= 15 is 0 Å². The van der Waals surface area contributed by atoms with Crippen LogP contribution in [-0.2, 0) is 20.9 Å². The van der Waals surface area contributed by atoms with Crippen molar-refractivity contribution in [2.24, 2.45) is 0 Å². The summed E-state index contributed by atoms with van der Waals surface area (Å²) in [5.74, 6) is -3.39. The highest BCUT2D eigenvalue weighted by Gasteiger charge is 2.20. The summed E-state index contributed by atoms with van der Waals surface area (Å²) >= 11 is 0. The molecule has 1 aromatic heterocycles. The number of hydrogen-bond acceptors (Lipinski definition) is 5. The monoisotopic (exact) mass is 387 g/mol. The van der Waals surface area contributed by atoms with Gasteiger partial charge in [0.1, 0.15) is 18.2 Å². The van der Waals surface area contributed by atoms with Gasteiger partial charge in [0.2, 0.25) is 0 Å². The molecular formula is C19H15F2N3O4. The van der Waals surface area contributed by atoms with Crippen LogP contribution in [0.1, 0.15) is 6.92 Å². The molecule has 1 amide bonds. The number of para-hydroxylation sites is 1. The number of fused-ring (bicyclic) bond motifs is 1. The van der Waals surface area contributed by atoms with E-state index in [1.807, 2.05) is 0 Å². The molecule has 1 atom stereocenters. The van der Waals surface area contributed by atoms with Crippen LogP contribution in [0.15, 0.2) is 53.6 Å². The van der Waals surface area contributed by atoms with E-state index in [2.05, 4.69) is 10.3 Å². The van der Waals surface area contributed by atoms with Gasteiger partial charge in [-0.1, -0.05) is 12.1 Å². The molecule has 3 rings (SSSR count). The summed E-state index contributed by atoms with van der Waals surface area (Å²) in [6, 6.07) is 9.31. The average Bonchev–Trinajstić information content (AvgIpc) is 2.66. The highest BCUT2D eigenvalue weighted by molar-refractivity contribution is 5.95. The molecule has 144 valence electrons. The number of halogens is 2. The molecule has 0 bridgehead atoms. The van der Waals surface area contributed by atoms with E-state index in [-0.39, 0.29) is 5.69 Å². The molecule has 0 spiro atoms. The highest BCUT2D eigenvalue weighted by Crippen LogP contribution is 2.15. The summed E-state index contributed by atoms with van der Waals surface area (Å²) in [5, 5.41) is 2.55. The molecule has 3 aromatic rings. The Morgan fingerprint density at radius 1 is 1.21 bits per heavy atom. The van der Waals surface area contributed by atoms with Gasteiger partial charge in [-0.05, 0) is 31.2 Å². The number of rotatable bonds is 5. The van der Waals surface area contributed by atoms with Gasteiger partial charge < -0.3 is 10.1 Å². The molecule has 0 saturated heterocycles. The van der Waals surface area contributed by atoms with Gasteiger partial charge in [-0.25, -0.2) is 13.8 Å². The number of nitrogens with one attached hydrogen (secondary N) is 1. The Labute approximate surface area is 157 Å². The maximum Gasteiger partial charge on any atom is 0.326 e. The fraction of sp³-hybridized carbons (Fsp3) is 0.158. The van der Waals surface area contributed by atoms with Crippen LogP contribution >= 0.6 is 0 Å². The van der Waals surface area contributed by atoms with Crippen molar-refractivity contribution in [3.63, 3.8) is 0 Å². The standard InChI is InChI=1S/C19H15F2N3O4/c1-11(18(26)23-16-7-6-12(20)8-14(16)21)28-17(25)9-24-10-22-15-5-3-2-4-13(15)19(24)27/h2-8,10-11H,9H2,1H3,(H,23,26)/t11-/m0/s1. The number of amides is 1. The number of carbonyl (C=O) groups excluding carboxylic acids is 2. The van der Waals surface area contributed by atoms with Crippen molar-refractivity contribution in [3.8, 4) is 0 Å². The lowest BCUT2D eigenvalue weighted by Crippen LogP contribution is -2.33. The minimum atomic E-state index is -1.26. The summed E-state index contributed by atoms with van der Waals surface area (Å²) < 4.78 is 32.5. The Hall–Kier alpha value is -3.62. The predicted octanol–water partition coefficient (Wildman–Crippen LogP) is 2.25. The Morgan fingerprint density at radius 3 is 2.71 bits per heavy atom. The van der Waals surface area contributed by atoms with Gasteiger partial charge in [-0.3, -0.25) is 19.0 Å². The van der Waals surface area contributed by atoms with Crippen LogP contribution in [-0.4, -0.2) is 27.5 Å². The predicted molar refractivity (Wildman–Crippen MR) is 96.5 cm³/mol. The molecular weight excluding hydrogens is 372 g/mol. The molecule has 0 saturated carbocycles. The van der Waals surface area contributed by atoms with E-state index in [0.717, 1.165) is 16.7 Å². The fourth-order valence-electron chi connectivity index (χ4n) is 2.47. The summed E-state index contributed by atoms with van der Waals surface area (Å²) in [6.45, 7) is 0.843. The first-order chi connectivity index (χ1) is 13.3. The van der Waals surface area contributed by atoms with Gasteiger partial charge in [0.25, 0.3) is 11.5 Å². The van der Waals surface area contributed by atoms with Crippen molar-refractivity contribution in [2.45, 2.75) is 19.6 Å². The first kappa shape index (κ1) is 19.2. The molecule has 2 aromatic carbocycles. The third kappa shape index (κ3) is 4.20. The highest BCUT2D eigenvalue weighted by atomic mass is 19.1. The summed E-state index contributed by atoms with van der Waals surface area (Å²) in [7, 11) is 0. The third-order valence-corrected chi connectivity index (χ3v) is 3.90. The number of nitrogens with zero attached hydrogens (tertiary/aromatic N) is 2. The van der Waals surface area contributed by atoms with Crippen LogP contribution in [0.25, 0.3) is 10.9 Å². The number of aromatic nitrogens is 2. The summed E-state index contributed by atoms with van der Waals surface area (Å²) in [4.78, 5) is 40.6. The van der Waals surface area contributed by atoms with Crippen LogP contribution in [0, 0.1) is 11.6 Å². The lowest BCUT2D eigenvalue weighted by molar-refractivity contribution is -0.153. The SMILES string of the molecule is C[C@H](OC(=O)Cn1cnc2ccccc2c1=O)C(=O)Nc1ccc(F)cc1F. The Morgan fingerprint density at radius 2 is 1.96 bits per heavy atom. The first-order valence-electron chi connectivity index (χ1n) is 8.24. The van der Waals surface area contributed by atoms with Crippen molar-refractivity contribution in [3.05, 3.63) is 70.8 Å². The zero-order valence-electron chi connectivity index (χ0n) is 14.7. The van der Waals surface area contributed by atoms with Gasteiger partial charge in [0.05, 0.1) is 22.9 Å². The quantitative estimate of drug-likeness (QED) is 0.678. The third-order valence-electron chi connectivity index (χ3n) is 3.90. The largest absolute Gasteiger partial charge is 0.451 e. The second kappa shape index (κ2) is 7.95. The molecule has 0 unspecified atom stereocenters. The van der Waals surface area contributed by atoms with Crippen molar-refractivity contribution in [2.75, 3.05) is 5.32 Å². The lowest BCUT2D eigenvalue weighted by atomic mass is 10.2. The second-order valence-electron chi connectivity index (χ2n) is 5.94. The Kier molecular flexibility index (Phi) is 5.44. The van der Waals surface area contributed by atoms with E-state index in [1.54, 1.807) is 24.3 Å². The summed E-state index contributed by atoms with van der Waals surface area (Å²) in [5.41, 5.74) is -0.177. The minimum absolute atomic E-state index is 0.246. The average molecular weight is 387 g/mol. The number of anilines is 1. The molecule has 0 radical (unpaired) electrons. The van der Waals surface area contributed by atoms with Gasteiger partial charge in [-0.15, -0.1) is 0 Å². The molecule has 7 nitrogen and oxygen atoms in total. The van der Waals surface area contributed by atoms with Gasteiger partial charge in [0.15, 0.2) is 6.10 Å². The molecule has 0 aliphatic carbocycles. The van der Waals surface area contributed by atoms with E-state index in [1.165, 1.54) is 13.3 Å². The van der Waals surface area contributed by atoms with Gasteiger partial charge >= 0.3 is 5.97 Å². The fourth-order valence-corrected chi connectivity index (χ4v) is 2.47. The maximum atomic E-state index is 13.6. The lowest BCUT2D eigenvalue weighted by Gasteiger charge is -2.14. The molecule has 28 heavy (non-hydrogen) atoms. The van der Waals surface area contributed by atoms with E-state index in [9.17, 15) is 23.2 Å². The molecule has 0 aliphatic heterocycles. The van der Waals surface area contributed by atoms with E-state index < -0.39 is 41.7 Å². The number of esters is 1. The minimum Gasteiger partial charge on any atom is -0.451 e. The van der Waals surface area contributed by atoms with Crippen LogP contribution < -0.4 is 10.9 Å². The van der Waals surface area contributed by atoms with Crippen molar-refractivity contribution in [1.82, 2.24) is 9.55 Å². The van der Waals surface area contributed by atoms with Crippen molar-refractivity contribution < 1.29 is 23.1 Å². The number of carbonyl (C=O) groups is 2. The normalized spacial score (nSPS) is 11.8. The van der Waals surface area contributed by atoms with Gasteiger partial charge in [0, 0.05) is 6.07 Å². The molecule has 0 fully saturated rings. The smallest absolute Gasteiger partial charge is 0.326 e. The van der Waals surface area contributed by atoms with Crippen molar-refractivity contribution in [1.29, 1.82) is 0 Å². The van der Waals surface area contributed by atoms with E-state index in [4.69, 9.17) is 4.74 Å². The molecule has 0 aliphatic rings. The number of ether oxygens (including phenoxy) is 1. The first-order valence-corrected chi connectivity index (χ1v) is 8.24. The second-order valence-corrected chi connectivity index (χ2v) is 5.94. The Bertz CT molecular complexity index is 1110. The number of benzene rings is 2. The van der Waals surface area contributed by atoms with Crippen LogP contribution in [0.5, 0.6) is 0 Å². The van der Waals surface area contributed by atoms with Crippen LogP contribution in [0.4, 0.5) is 14.5 Å². The number of hydrogen-bond donors (Lipinski definition) is 1. The topological polar surface area (TPSA) is 90.3 Å². The Balaban J connectivity index is 1.65. The maximum absolute atomic E-state index is 13.6. The zero-order chi connectivity index (χ0) is 20.3. The van der Waals surface area contributed by atoms with Gasteiger partial charge in [-0.2, -0.15) is 0 Å².